The topological polar surface area (TPSA) is 75.7 Å². The van der Waals surface area contributed by atoms with Crippen LogP contribution in [0.4, 0.5) is 5.82 Å². The monoisotopic (exact) mass is 219 g/mol. The van der Waals surface area contributed by atoms with E-state index in [1.165, 1.54) is 6.33 Å². The second kappa shape index (κ2) is 4.05. The van der Waals surface area contributed by atoms with Crippen LogP contribution in [0.2, 0.25) is 0 Å². The molecule has 6 heteroatoms. The third-order valence-corrected chi connectivity index (χ3v) is 2.77. The van der Waals surface area contributed by atoms with Crippen molar-refractivity contribution >= 4 is 16.9 Å². The molecule has 1 unspecified atom stereocenters. The van der Waals surface area contributed by atoms with Crippen molar-refractivity contribution in [2.45, 2.75) is 18.9 Å². The molecule has 0 bridgehead atoms. The zero-order valence-electron chi connectivity index (χ0n) is 8.81. The van der Waals surface area contributed by atoms with Crippen molar-refractivity contribution in [2.24, 2.45) is 0 Å². The second-order valence-electron chi connectivity index (χ2n) is 3.87. The molecule has 0 spiro atoms. The van der Waals surface area contributed by atoms with Crippen LogP contribution in [-0.4, -0.2) is 39.4 Å². The van der Waals surface area contributed by atoms with Gasteiger partial charge < -0.3 is 10.1 Å². The van der Waals surface area contributed by atoms with Gasteiger partial charge in [0, 0.05) is 13.2 Å². The van der Waals surface area contributed by atoms with Crippen molar-refractivity contribution in [2.75, 3.05) is 18.5 Å². The first-order valence-electron chi connectivity index (χ1n) is 5.43. The van der Waals surface area contributed by atoms with Gasteiger partial charge >= 0.3 is 0 Å². The van der Waals surface area contributed by atoms with E-state index in [9.17, 15) is 0 Å². The number of H-pyrrole nitrogens is 1. The lowest BCUT2D eigenvalue weighted by molar-refractivity contribution is 0.120. The molecule has 0 radical (unpaired) electrons. The molecule has 3 rings (SSSR count). The van der Waals surface area contributed by atoms with E-state index >= 15 is 0 Å². The maximum absolute atomic E-state index is 5.54. The molecule has 1 aliphatic rings. The van der Waals surface area contributed by atoms with Gasteiger partial charge in [-0.05, 0) is 12.8 Å². The summed E-state index contributed by atoms with van der Waals surface area (Å²) in [4.78, 5) is 8.28. The van der Waals surface area contributed by atoms with E-state index in [4.69, 9.17) is 4.74 Å². The van der Waals surface area contributed by atoms with E-state index in [-0.39, 0.29) is 0 Å². The zero-order valence-corrected chi connectivity index (χ0v) is 8.81. The van der Waals surface area contributed by atoms with Gasteiger partial charge in [-0.15, -0.1) is 0 Å². The lowest BCUT2D eigenvalue weighted by Gasteiger charge is -2.11. The van der Waals surface area contributed by atoms with Gasteiger partial charge in [-0.1, -0.05) is 0 Å². The average molecular weight is 219 g/mol. The van der Waals surface area contributed by atoms with Crippen LogP contribution in [0.5, 0.6) is 0 Å². The normalized spacial score (nSPS) is 20.4. The maximum Gasteiger partial charge on any atom is 0.160 e. The zero-order chi connectivity index (χ0) is 10.8. The lowest BCUT2D eigenvalue weighted by Crippen LogP contribution is -2.19. The quantitative estimate of drug-likeness (QED) is 0.803. The molecule has 3 heterocycles. The molecule has 2 aromatic heterocycles. The molecular weight excluding hydrogens is 206 g/mol. The highest BCUT2D eigenvalue weighted by molar-refractivity contribution is 5.85. The number of fused-ring (bicyclic) bond motifs is 1. The Morgan fingerprint density at radius 1 is 1.50 bits per heavy atom. The molecule has 0 aromatic carbocycles. The Morgan fingerprint density at radius 3 is 3.38 bits per heavy atom. The number of ether oxygens (including phenoxy) is 1. The van der Waals surface area contributed by atoms with Gasteiger partial charge in [0.25, 0.3) is 0 Å². The Morgan fingerprint density at radius 2 is 2.50 bits per heavy atom. The summed E-state index contributed by atoms with van der Waals surface area (Å²) in [6, 6.07) is 0. The smallest absolute Gasteiger partial charge is 0.160 e. The Bertz CT molecular complexity index is 477. The molecule has 1 fully saturated rings. The number of rotatable bonds is 3. The number of hydrogen-bond donors (Lipinski definition) is 2. The fourth-order valence-corrected chi connectivity index (χ4v) is 1.92. The Kier molecular flexibility index (Phi) is 2.41. The van der Waals surface area contributed by atoms with E-state index < -0.39 is 0 Å². The van der Waals surface area contributed by atoms with Crippen LogP contribution in [0.15, 0.2) is 12.5 Å². The number of nitrogens with one attached hydrogen (secondary N) is 2. The summed E-state index contributed by atoms with van der Waals surface area (Å²) in [6.07, 6.45) is 5.83. The number of aromatic amines is 1. The Labute approximate surface area is 92.4 Å². The Balaban J connectivity index is 1.75. The molecule has 1 saturated heterocycles. The fraction of sp³-hybridized carbons (Fsp3) is 0.500. The van der Waals surface area contributed by atoms with Gasteiger partial charge in [-0.25, -0.2) is 9.97 Å². The number of aromatic nitrogens is 4. The van der Waals surface area contributed by atoms with Crippen molar-refractivity contribution in [3.8, 4) is 0 Å². The third kappa shape index (κ3) is 1.71. The summed E-state index contributed by atoms with van der Waals surface area (Å²) in [5, 5.41) is 11.0. The van der Waals surface area contributed by atoms with Crippen molar-refractivity contribution in [1.29, 1.82) is 0 Å². The maximum atomic E-state index is 5.54. The minimum atomic E-state index is 0.303. The summed E-state index contributed by atoms with van der Waals surface area (Å²) >= 11 is 0. The molecule has 0 amide bonds. The van der Waals surface area contributed by atoms with Gasteiger partial charge in [0.2, 0.25) is 0 Å². The van der Waals surface area contributed by atoms with Crippen LogP contribution in [-0.2, 0) is 4.74 Å². The van der Waals surface area contributed by atoms with Crippen molar-refractivity contribution in [3.05, 3.63) is 12.5 Å². The van der Waals surface area contributed by atoms with Crippen molar-refractivity contribution in [3.63, 3.8) is 0 Å². The predicted molar refractivity (Wildman–Crippen MR) is 59.1 cm³/mol. The molecule has 2 aromatic rings. The molecule has 0 aliphatic carbocycles. The number of anilines is 1. The first-order valence-corrected chi connectivity index (χ1v) is 5.43. The molecule has 6 nitrogen and oxygen atoms in total. The van der Waals surface area contributed by atoms with Gasteiger partial charge in [0.15, 0.2) is 5.65 Å². The lowest BCUT2D eigenvalue weighted by atomic mass is 10.2. The molecule has 16 heavy (non-hydrogen) atoms. The van der Waals surface area contributed by atoms with Crippen LogP contribution in [0.25, 0.3) is 11.0 Å². The largest absolute Gasteiger partial charge is 0.376 e. The summed E-state index contributed by atoms with van der Waals surface area (Å²) in [5.41, 5.74) is 0.754. The highest BCUT2D eigenvalue weighted by atomic mass is 16.5. The first kappa shape index (κ1) is 9.53. The van der Waals surface area contributed by atoms with Gasteiger partial charge in [-0.2, -0.15) is 5.10 Å². The van der Waals surface area contributed by atoms with Gasteiger partial charge in [-0.3, -0.25) is 5.10 Å². The SMILES string of the molecule is c1nc(NCC2CCCO2)c2cn[nH]c2n1. The molecular formula is C10H13N5O. The van der Waals surface area contributed by atoms with Crippen LogP contribution < -0.4 is 5.32 Å². The second-order valence-corrected chi connectivity index (χ2v) is 3.87. The Hall–Kier alpha value is -1.69. The van der Waals surface area contributed by atoms with Crippen molar-refractivity contribution < 1.29 is 4.74 Å². The first-order chi connectivity index (χ1) is 7.93. The van der Waals surface area contributed by atoms with Crippen LogP contribution in [0.1, 0.15) is 12.8 Å². The third-order valence-electron chi connectivity index (χ3n) is 2.77. The van der Waals surface area contributed by atoms with E-state index in [1.54, 1.807) is 6.20 Å². The van der Waals surface area contributed by atoms with Crippen molar-refractivity contribution in [1.82, 2.24) is 20.2 Å². The summed E-state index contributed by atoms with van der Waals surface area (Å²) < 4.78 is 5.54. The highest BCUT2D eigenvalue weighted by Crippen LogP contribution is 2.17. The highest BCUT2D eigenvalue weighted by Gasteiger charge is 2.15. The fourth-order valence-electron chi connectivity index (χ4n) is 1.92. The van der Waals surface area contributed by atoms with E-state index in [0.717, 1.165) is 42.8 Å². The minimum absolute atomic E-state index is 0.303. The predicted octanol–water partition coefficient (Wildman–Crippen LogP) is 0.944. The summed E-state index contributed by atoms with van der Waals surface area (Å²) in [6.45, 7) is 1.66. The number of hydrogen-bond acceptors (Lipinski definition) is 5. The van der Waals surface area contributed by atoms with Gasteiger partial charge in [0.1, 0.15) is 12.1 Å². The van der Waals surface area contributed by atoms with Crippen LogP contribution in [0.3, 0.4) is 0 Å². The van der Waals surface area contributed by atoms with Crippen LogP contribution >= 0.6 is 0 Å². The molecule has 84 valence electrons. The van der Waals surface area contributed by atoms with E-state index in [0.29, 0.717) is 6.10 Å². The number of nitrogens with zero attached hydrogens (tertiary/aromatic N) is 3. The molecule has 1 aliphatic heterocycles. The minimum Gasteiger partial charge on any atom is -0.376 e. The van der Waals surface area contributed by atoms with Gasteiger partial charge in [0.05, 0.1) is 17.7 Å². The summed E-state index contributed by atoms with van der Waals surface area (Å²) in [7, 11) is 0. The van der Waals surface area contributed by atoms with Crippen LogP contribution in [0, 0.1) is 0 Å². The molecule has 1 atom stereocenters. The standard InChI is InChI=1S/C10H13N5O/c1-2-7(16-3-1)4-11-9-8-5-14-15-10(8)13-6-12-9/h5-7H,1-4H2,(H2,11,12,13,14,15). The summed E-state index contributed by atoms with van der Waals surface area (Å²) in [5.74, 6) is 0.814. The van der Waals surface area contributed by atoms with E-state index in [1.807, 2.05) is 0 Å². The van der Waals surface area contributed by atoms with E-state index in [2.05, 4.69) is 25.5 Å². The molecule has 0 saturated carbocycles. The molecule has 2 N–H and O–H groups in total. The average Bonchev–Trinajstić information content (AvgIpc) is 2.97.